The van der Waals surface area contributed by atoms with Crippen molar-refractivity contribution in [3.63, 3.8) is 0 Å². The standard InChI is InChI=1S/C10H17NO5/c12-9(13)7-5-3-1-2-4-6-8-10(14)16-11-15/h1-8H2,(H,12,13). The summed E-state index contributed by atoms with van der Waals surface area (Å²) in [7, 11) is 0. The Hall–Kier alpha value is -1.46. The van der Waals surface area contributed by atoms with Crippen molar-refractivity contribution in [3.8, 4) is 0 Å². The quantitative estimate of drug-likeness (QED) is 0.354. The zero-order chi connectivity index (χ0) is 12.2. The molecular weight excluding hydrogens is 214 g/mol. The molecule has 0 aliphatic heterocycles. The van der Waals surface area contributed by atoms with Gasteiger partial charge < -0.3 is 5.11 Å². The van der Waals surface area contributed by atoms with Gasteiger partial charge in [0.15, 0.2) is 5.34 Å². The first kappa shape index (κ1) is 14.5. The molecular formula is C10H17NO5. The highest BCUT2D eigenvalue weighted by molar-refractivity contribution is 5.68. The summed E-state index contributed by atoms with van der Waals surface area (Å²) in [5, 5.41) is 10.4. The normalized spacial score (nSPS) is 9.75. The molecule has 1 N–H and O–H groups in total. The monoisotopic (exact) mass is 231 g/mol. The van der Waals surface area contributed by atoms with Gasteiger partial charge in [0.1, 0.15) is 0 Å². The van der Waals surface area contributed by atoms with Crippen LogP contribution in [0.25, 0.3) is 0 Å². The molecule has 0 radical (unpaired) electrons. The molecule has 0 saturated carbocycles. The number of aliphatic carboxylic acids is 1. The highest BCUT2D eigenvalue weighted by Crippen LogP contribution is 2.09. The molecule has 0 aromatic carbocycles. The van der Waals surface area contributed by atoms with Crippen LogP contribution in [0.3, 0.4) is 0 Å². The van der Waals surface area contributed by atoms with E-state index in [1.807, 2.05) is 5.34 Å². The van der Waals surface area contributed by atoms with Crippen molar-refractivity contribution in [1.82, 2.24) is 0 Å². The number of carbonyl (C=O) groups is 2. The summed E-state index contributed by atoms with van der Waals surface area (Å²) in [4.78, 5) is 34.3. The molecule has 0 spiro atoms. The Morgan fingerprint density at radius 2 is 1.44 bits per heavy atom. The van der Waals surface area contributed by atoms with E-state index in [-0.39, 0.29) is 12.8 Å². The van der Waals surface area contributed by atoms with Gasteiger partial charge in [-0.1, -0.05) is 25.7 Å². The van der Waals surface area contributed by atoms with Crippen LogP contribution in [0.2, 0.25) is 0 Å². The summed E-state index contributed by atoms with van der Waals surface area (Å²) in [6.45, 7) is 0. The van der Waals surface area contributed by atoms with E-state index in [1.165, 1.54) is 0 Å². The Labute approximate surface area is 93.9 Å². The van der Waals surface area contributed by atoms with Gasteiger partial charge >= 0.3 is 11.9 Å². The molecule has 0 amide bonds. The maximum absolute atomic E-state index is 10.7. The zero-order valence-electron chi connectivity index (χ0n) is 9.18. The molecule has 0 aromatic rings. The predicted molar refractivity (Wildman–Crippen MR) is 56.5 cm³/mol. The van der Waals surface area contributed by atoms with Crippen molar-refractivity contribution >= 4 is 11.9 Å². The molecule has 0 aliphatic carbocycles. The number of hydrogen-bond acceptors (Lipinski definition) is 5. The number of unbranched alkanes of at least 4 members (excludes halogenated alkanes) is 5. The average Bonchev–Trinajstić information content (AvgIpc) is 2.22. The van der Waals surface area contributed by atoms with Gasteiger partial charge in [-0.25, -0.2) is 4.79 Å². The number of nitrogens with zero attached hydrogens (tertiary/aromatic N) is 1. The van der Waals surface area contributed by atoms with Crippen molar-refractivity contribution in [3.05, 3.63) is 4.91 Å². The van der Waals surface area contributed by atoms with E-state index in [9.17, 15) is 14.5 Å². The summed E-state index contributed by atoms with van der Waals surface area (Å²) in [6, 6.07) is 0. The van der Waals surface area contributed by atoms with Gasteiger partial charge in [-0.2, -0.15) is 0 Å². The van der Waals surface area contributed by atoms with E-state index in [1.54, 1.807) is 0 Å². The lowest BCUT2D eigenvalue weighted by Crippen LogP contribution is -1.98. The molecule has 92 valence electrons. The van der Waals surface area contributed by atoms with Gasteiger partial charge in [-0.05, 0) is 12.8 Å². The minimum atomic E-state index is -0.760. The fourth-order valence-corrected chi connectivity index (χ4v) is 1.34. The third kappa shape index (κ3) is 10.6. The Morgan fingerprint density at radius 3 is 1.94 bits per heavy atom. The summed E-state index contributed by atoms with van der Waals surface area (Å²) in [6.07, 6.45) is 5.50. The predicted octanol–water partition coefficient (Wildman–Crippen LogP) is 2.42. The summed E-state index contributed by atoms with van der Waals surface area (Å²) in [5.41, 5.74) is 0. The van der Waals surface area contributed by atoms with Crippen LogP contribution in [-0.4, -0.2) is 17.0 Å². The Morgan fingerprint density at radius 1 is 0.938 bits per heavy atom. The first-order chi connectivity index (χ1) is 7.66. The van der Waals surface area contributed by atoms with Gasteiger partial charge in [-0.3, -0.25) is 9.63 Å². The van der Waals surface area contributed by atoms with E-state index in [4.69, 9.17) is 5.11 Å². The van der Waals surface area contributed by atoms with E-state index in [2.05, 4.69) is 4.84 Å². The number of carbonyl (C=O) groups excluding carboxylic acids is 1. The third-order valence-electron chi connectivity index (χ3n) is 2.16. The smallest absolute Gasteiger partial charge is 0.338 e. The summed E-state index contributed by atoms with van der Waals surface area (Å²) in [5.74, 6) is -1.36. The molecule has 6 nitrogen and oxygen atoms in total. The van der Waals surface area contributed by atoms with Crippen LogP contribution in [0.4, 0.5) is 0 Å². The van der Waals surface area contributed by atoms with Crippen LogP contribution in [0.5, 0.6) is 0 Å². The minimum Gasteiger partial charge on any atom is -0.481 e. The van der Waals surface area contributed by atoms with Crippen molar-refractivity contribution in [2.45, 2.75) is 51.4 Å². The second kappa shape index (κ2) is 10.1. The zero-order valence-corrected chi connectivity index (χ0v) is 9.18. The molecule has 0 aromatic heterocycles. The molecule has 6 heteroatoms. The highest BCUT2D eigenvalue weighted by atomic mass is 16.7. The van der Waals surface area contributed by atoms with Crippen LogP contribution in [0.1, 0.15) is 51.4 Å². The molecule has 16 heavy (non-hydrogen) atoms. The highest BCUT2D eigenvalue weighted by Gasteiger charge is 2.02. The lowest BCUT2D eigenvalue weighted by molar-refractivity contribution is -0.144. The lowest BCUT2D eigenvalue weighted by Gasteiger charge is -1.99. The van der Waals surface area contributed by atoms with Crippen LogP contribution in [0.15, 0.2) is 5.34 Å². The molecule has 0 fully saturated rings. The maximum Gasteiger partial charge on any atom is 0.338 e. The fraction of sp³-hybridized carbons (Fsp3) is 0.800. The number of hydrogen-bond donors (Lipinski definition) is 1. The van der Waals surface area contributed by atoms with E-state index in [0.717, 1.165) is 25.7 Å². The van der Waals surface area contributed by atoms with E-state index >= 15 is 0 Å². The third-order valence-corrected chi connectivity index (χ3v) is 2.16. The summed E-state index contributed by atoms with van der Waals surface area (Å²) < 4.78 is 0. The molecule has 0 atom stereocenters. The van der Waals surface area contributed by atoms with Gasteiger partial charge in [-0.15, -0.1) is 4.91 Å². The first-order valence-corrected chi connectivity index (χ1v) is 5.41. The van der Waals surface area contributed by atoms with Crippen molar-refractivity contribution in [1.29, 1.82) is 0 Å². The van der Waals surface area contributed by atoms with Crippen molar-refractivity contribution < 1.29 is 19.5 Å². The number of rotatable bonds is 10. The van der Waals surface area contributed by atoms with E-state index in [0.29, 0.717) is 12.8 Å². The molecule has 0 rings (SSSR count). The first-order valence-electron chi connectivity index (χ1n) is 5.41. The van der Waals surface area contributed by atoms with Gasteiger partial charge in [0.05, 0.1) is 0 Å². The lowest BCUT2D eigenvalue weighted by atomic mass is 10.1. The van der Waals surface area contributed by atoms with Crippen molar-refractivity contribution in [2.75, 3.05) is 0 Å². The fourth-order valence-electron chi connectivity index (χ4n) is 1.34. The summed E-state index contributed by atoms with van der Waals surface area (Å²) >= 11 is 0. The second-order valence-electron chi connectivity index (χ2n) is 3.55. The van der Waals surface area contributed by atoms with Crippen LogP contribution >= 0.6 is 0 Å². The SMILES string of the molecule is O=NOC(=O)CCCCCCCCC(=O)O. The number of carboxylic acid groups (broad SMARTS) is 1. The molecule has 0 heterocycles. The molecule has 0 aliphatic rings. The largest absolute Gasteiger partial charge is 0.481 e. The van der Waals surface area contributed by atoms with Crippen molar-refractivity contribution in [2.24, 2.45) is 5.34 Å². The molecule has 0 bridgehead atoms. The number of carboxylic acids is 1. The van der Waals surface area contributed by atoms with Gasteiger partial charge in [0, 0.05) is 12.8 Å². The topological polar surface area (TPSA) is 93.0 Å². The van der Waals surface area contributed by atoms with Crippen LogP contribution < -0.4 is 0 Å². The minimum absolute atomic E-state index is 0.209. The average molecular weight is 231 g/mol. The van der Waals surface area contributed by atoms with Gasteiger partial charge in [0.2, 0.25) is 0 Å². The van der Waals surface area contributed by atoms with Crippen LogP contribution in [-0.2, 0) is 14.4 Å². The molecule has 0 unspecified atom stereocenters. The second-order valence-corrected chi connectivity index (χ2v) is 3.55. The van der Waals surface area contributed by atoms with Crippen LogP contribution in [0, 0.1) is 4.91 Å². The molecule has 0 saturated heterocycles. The Bertz CT molecular complexity index is 229. The Kier molecular flexibility index (Phi) is 9.15. The Balaban J connectivity index is 3.12. The van der Waals surface area contributed by atoms with Gasteiger partial charge in [0.25, 0.3) is 0 Å². The van der Waals surface area contributed by atoms with E-state index < -0.39 is 11.9 Å². The maximum atomic E-state index is 10.7.